The van der Waals surface area contributed by atoms with Crippen LogP contribution in [0.15, 0.2) is 64.2 Å². The van der Waals surface area contributed by atoms with Crippen LogP contribution in [0.5, 0.6) is 11.5 Å². The van der Waals surface area contributed by atoms with Gasteiger partial charge in [-0.25, -0.2) is 0 Å². The zero-order valence-corrected chi connectivity index (χ0v) is 19.6. The molecule has 3 aromatic carbocycles. The average Bonchev–Trinajstić information content (AvgIpc) is 2.79. The number of hydrazone groups is 1. The molecule has 0 spiro atoms. The number of nitro benzene ring substituents is 1. The van der Waals surface area contributed by atoms with Gasteiger partial charge in [-0.15, -0.1) is 0 Å². The van der Waals surface area contributed by atoms with Crippen LogP contribution in [0.4, 0.5) is 24.5 Å². The van der Waals surface area contributed by atoms with Gasteiger partial charge in [0.2, 0.25) is 0 Å². The Balaban J connectivity index is 1.77. The van der Waals surface area contributed by atoms with E-state index in [-0.39, 0.29) is 5.69 Å². The van der Waals surface area contributed by atoms with Gasteiger partial charge in [-0.1, -0.05) is 29.8 Å². The van der Waals surface area contributed by atoms with Crippen molar-refractivity contribution in [3.05, 3.63) is 91.4 Å². The molecule has 0 atom stereocenters. The van der Waals surface area contributed by atoms with Crippen LogP contribution in [0, 0.1) is 17.0 Å². The molecule has 0 aliphatic rings. The van der Waals surface area contributed by atoms with E-state index < -0.39 is 22.4 Å². The smallest absolute Gasteiger partial charge is 0.416 e. The molecule has 0 aliphatic carbocycles. The van der Waals surface area contributed by atoms with Gasteiger partial charge in [-0.2, -0.15) is 18.3 Å². The van der Waals surface area contributed by atoms with Crippen LogP contribution in [-0.2, 0) is 12.8 Å². The highest BCUT2D eigenvalue weighted by molar-refractivity contribution is 9.10. The third kappa shape index (κ3) is 6.25. The molecule has 3 aromatic rings. The summed E-state index contributed by atoms with van der Waals surface area (Å²) in [6.45, 7) is 2.32. The Hall–Kier alpha value is -3.60. The maximum atomic E-state index is 12.9. The molecular formula is C23H19BrF3N3O4. The second-order valence-corrected chi connectivity index (χ2v) is 8.01. The lowest BCUT2D eigenvalue weighted by Gasteiger charge is -2.13. The SMILES string of the molecule is COc1cc(/C=N\Nc2ccc(C(F)(F)F)cc2[N+](=O)[O-])c(Br)cc1OCc1ccc(C)cc1. The van der Waals surface area contributed by atoms with Gasteiger partial charge in [0, 0.05) is 16.1 Å². The van der Waals surface area contributed by atoms with Gasteiger partial charge in [-0.05, 0) is 52.7 Å². The van der Waals surface area contributed by atoms with Crippen molar-refractivity contribution in [2.75, 3.05) is 12.5 Å². The van der Waals surface area contributed by atoms with Crippen LogP contribution >= 0.6 is 15.9 Å². The second kappa shape index (κ2) is 10.6. The van der Waals surface area contributed by atoms with Gasteiger partial charge in [-0.3, -0.25) is 15.5 Å². The molecule has 0 fully saturated rings. The quantitative estimate of drug-likeness (QED) is 0.196. The number of benzene rings is 3. The number of rotatable bonds is 8. The number of nitrogens with zero attached hydrogens (tertiary/aromatic N) is 2. The summed E-state index contributed by atoms with van der Waals surface area (Å²) in [6.07, 6.45) is -3.35. The summed E-state index contributed by atoms with van der Waals surface area (Å²) in [5.74, 6) is 0.913. The molecule has 3 rings (SSSR count). The van der Waals surface area contributed by atoms with E-state index in [0.717, 1.165) is 23.3 Å². The number of nitro groups is 1. The molecule has 0 bridgehead atoms. The van der Waals surface area contributed by atoms with Crippen LogP contribution in [0.2, 0.25) is 0 Å². The van der Waals surface area contributed by atoms with E-state index in [4.69, 9.17) is 9.47 Å². The molecule has 0 heterocycles. The first-order valence-electron chi connectivity index (χ1n) is 9.79. The molecule has 0 saturated carbocycles. The maximum absolute atomic E-state index is 12.9. The molecule has 0 unspecified atom stereocenters. The van der Waals surface area contributed by atoms with Gasteiger partial charge in [0.15, 0.2) is 11.5 Å². The predicted molar refractivity (Wildman–Crippen MR) is 126 cm³/mol. The Labute approximate surface area is 201 Å². The van der Waals surface area contributed by atoms with Crippen LogP contribution < -0.4 is 14.9 Å². The molecule has 1 N–H and O–H groups in total. The van der Waals surface area contributed by atoms with Crippen molar-refractivity contribution in [3.8, 4) is 11.5 Å². The number of methoxy groups -OCH3 is 1. The van der Waals surface area contributed by atoms with Crippen LogP contribution in [-0.4, -0.2) is 18.2 Å². The Morgan fingerprint density at radius 1 is 1.12 bits per heavy atom. The zero-order chi connectivity index (χ0) is 24.9. The fraction of sp³-hybridized carbons (Fsp3) is 0.174. The van der Waals surface area contributed by atoms with Crippen LogP contribution in [0.3, 0.4) is 0 Å². The van der Waals surface area contributed by atoms with Gasteiger partial charge in [0.05, 0.1) is 23.8 Å². The fourth-order valence-corrected chi connectivity index (χ4v) is 3.32. The van der Waals surface area contributed by atoms with Crippen molar-refractivity contribution < 1.29 is 27.6 Å². The molecule has 7 nitrogen and oxygen atoms in total. The largest absolute Gasteiger partial charge is 0.493 e. The number of hydrogen-bond donors (Lipinski definition) is 1. The third-order valence-corrected chi connectivity index (χ3v) is 5.40. The van der Waals surface area contributed by atoms with E-state index in [9.17, 15) is 23.3 Å². The Morgan fingerprint density at radius 2 is 1.82 bits per heavy atom. The highest BCUT2D eigenvalue weighted by atomic mass is 79.9. The number of aryl methyl sites for hydroxylation is 1. The number of hydrogen-bond acceptors (Lipinski definition) is 6. The topological polar surface area (TPSA) is 86.0 Å². The highest BCUT2D eigenvalue weighted by Gasteiger charge is 2.33. The Morgan fingerprint density at radius 3 is 2.44 bits per heavy atom. The van der Waals surface area contributed by atoms with Crippen molar-refractivity contribution >= 4 is 33.5 Å². The number of nitrogens with one attached hydrogen (secondary N) is 1. The van der Waals surface area contributed by atoms with Gasteiger partial charge >= 0.3 is 6.18 Å². The van der Waals surface area contributed by atoms with Crippen LogP contribution in [0.1, 0.15) is 22.3 Å². The Kier molecular flexibility index (Phi) is 7.77. The minimum Gasteiger partial charge on any atom is -0.493 e. The molecule has 0 amide bonds. The lowest BCUT2D eigenvalue weighted by atomic mass is 10.1. The first-order chi connectivity index (χ1) is 16.1. The van der Waals surface area contributed by atoms with Crippen molar-refractivity contribution in [1.29, 1.82) is 0 Å². The van der Waals surface area contributed by atoms with E-state index in [1.165, 1.54) is 13.3 Å². The van der Waals surface area contributed by atoms with Crippen molar-refractivity contribution in [3.63, 3.8) is 0 Å². The highest BCUT2D eigenvalue weighted by Crippen LogP contribution is 2.36. The van der Waals surface area contributed by atoms with E-state index in [1.807, 2.05) is 31.2 Å². The number of halogens is 4. The monoisotopic (exact) mass is 537 g/mol. The minimum absolute atomic E-state index is 0.185. The molecule has 34 heavy (non-hydrogen) atoms. The molecule has 0 saturated heterocycles. The van der Waals surface area contributed by atoms with E-state index in [1.54, 1.807) is 12.1 Å². The lowest BCUT2D eigenvalue weighted by Crippen LogP contribution is -2.06. The summed E-state index contributed by atoms with van der Waals surface area (Å²) in [7, 11) is 1.48. The molecule has 178 valence electrons. The molecule has 0 radical (unpaired) electrons. The first-order valence-corrected chi connectivity index (χ1v) is 10.6. The van der Waals surface area contributed by atoms with Crippen LogP contribution in [0.25, 0.3) is 0 Å². The molecule has 0 aliphatic heterocycles. The number of ether oxygens (including phenoxy) is 2. The maximum Gasteiger partial charge on any atom is 0.416 e. The van der Waals surface area contributed by atoms with Gasteiger partial charge in [0.25, 0.3) is 5.69 Å². The standard InChI is InChI=1S/C23H19BrF3N3O4/c1-14-3-5-15(6-4-14)13-34-22-11-18(24)16(9-21(22)33-2)12-28-29-19-8-7-17(23(25,26)27)10-20(19)30(31)32/h3-12,29H,13H2,1-2H3/b28-12-. The van der Waals surface area contributed by atoms with Gasteiger partial charge < -0.3 is 9.47 Å². The average molecular weight is 538 g/mol. The minimum atomic E-state index is -4.70. The van der Waals surface area contributed by atoms with Gasteiger partial charge in [0.1, 0.15) is 12.3 Å². The van der Waals surface area contributed by atoms with Crippen molar-refractivity contribution in [1.82, 2.24) is 0 Å². The fourth-order valence-electron chi connectivity index (χ4n) is 2.89. The zero-order valence-electron chi connectivity index (χ0n) is 18.0. The summed E-state index contributed by atoms with van der Waals surface area (Å²) in [4.78, 5) is 10.3. The van der Waals surface area contributed by atoms with E-state index in [0.29, 0.717) is 34.2 Å². The normalized spacial score (nSPS) is 11.5. The first kappa shape index (κ1) is 25.0. The summed E-state index contributed by atoms with van der Waals surface area (Å²) in [5, 5.41) is 15.1. The molecular weight excluding hydrogens is 519 g/mol. The lowest BCUT2D eigenvalue weighted by molar-refractivity contribution is -0.384. The van der Waals surface area contributed by atoms with E-state index >= 15 is 0 Å². The summed E-state index contributed by atoms with van der Waals surface area (Å²) < 4.78 is 50.4. The summed E-state index contributed by atoms with van der Waals surface area (Å²) in [6, 6.07) is 13.4. The molecule has 0 aromatic heterocycles. The summed E-state index contributed by atoms with van der Waals surface area (Å²) >= 11 is 3.41. The Bertz CT molecular complexity index is 1220. The summed E-state index contributed by atoms with van der Waals surface area (Å²) in [5.41, 5.74) is 3.03. The van der Waals surface area contributed by atoms with E-state index in [2.05, 4.69) is 26.5 Å². The predicted octanol–water partition coefficient (Wildman–Crippen LogP) is 6.72. The number of anilines is 1. The number of alkyl halides is 3. The molecule has 11 heteroatoms. The van der Waals surface area contributed by atoms with Crippen molar-refractivity contribution in [2.24, 2.45) is 5.10 Å². The van der Waals surface area contributed by atoms with Crippen molar-refractivity contribution in [2.45, 2.75) is 19.7 Å². The third-order valence-electron chi connectivity index (χ3n) is 4.71. The second-order valence-electron chi connectivity index (χ2n) is 7.16.